The predicted molar refractivity (Wildman–Crippen MR) is 95.8 cm³/mol. The van der Waals surface area contributed by atoms with Gasteiger partial charge in [0.1, 0.15) is 0 Å². The highest BCUT2D eigenvalue weighted by atomic mass is 35.5. The van der Waals surface area contributed by atoms with Crippen molar-refractivity contribution in [3.8, 4) is 0 Å². The second kappa shape index (κ2) is 7.25. The van der Waals surface area contributed by atoms with Crippen molar-refractivity contribution in [2.75, 3.05) is 10.6 Å². The molecular weight excluding hydrogens is 378 g/mol. The van der Waals surface area contributed by atoms with E-state index in [4.69, 9.17) is 11.6 Å². The van der Waals surface area contributed by atoms with Gasteiger partial charge in [0.15, 0.2) is 16.4 Å². The summed E-state index contributed by atoms with van der Waals surface area (Å²) in [6.45, 7) is 0. The van der Waals surface area contributed by atoms with Gasteiger partial charge in [-0.15, -0.1) is 5.10 Å². The number of rotatable bonds is 5. The van der Waals surface area contributed by atoms with Crippen molar-refractivity contribution in [2.24, 2.45) is 7.05 Å². The third-order valence-corrected chi connectivity index (χ3v) is 3.79. The van der Waals surface area contributed by atoms with E-state index in [1.165, 1.54) is 4.68 Å². The Hall–Kier alpha value is -3.73. The molecule has 0 aliphatic heterocycles. The number of aromatic nitrogens is 4. The third kappa shape index (κ3) is 3.93. The van der Waals surface area contributed by atoms with Crippen molar-refractivity contribution in [2.45, 2.75) is 0 Å². The Bertz CT molecular complexity index is 1030. The first-order chi connectivity index (χ1) is 12.8. The van der Waals surface area contributed by atoms with Crippen molar-refractivity contribution in [1.29, 1.82) is 0 Å². The quantitative estimate of drug-likeness (QED) is 0.450. The number of carbonyl (C=O) groups is 2. The second-order valence-electron chi connectivity index (χ2n) is 5.35. The van der Waals surface area contributed by atoms with Crippen molar-refractivity contribution < 1.29 is 14.5 Å². The van der Waals surface area contributed by atoms with Crippen LogP contribution in [0.25, 0.3) is 0 Å². The van der Waals surface area contributed by atoms with E-state index in [9.17, 15) is 19.7 Å². The van der Waals surface area contributed by atoms with Crippen molar-refractivity contribution in [3.05, 3.63) is 63.1 Å². The lowest BCUT2D eigenvalue weighted by atomic mass is 10.2. The van der Waals surface area contributed by atoms with Crippen LogP contribution in [0.15, 0.2) is 36.5 Å². The fourth-order valence-corrected chi connectivity index (χ4v) is 2.39. The number of H-pyrrole nitrogens is 1. The average Bonchev–Trinajstić information content (AvgIpc) is 3.22. The first kappa shape index (κ1) is 18.1. The zero-order valence-corrected chi connectivity index (χ0v) is 14.5. The Labute approximate surface area is 156 Å². The molecule has 0 atom stereocenters. The molecule has 3 aromatic rings. The van der Waals surface area contributed by atoms with E-state index in [-0.39, 0.29) is 22.3 Å². The molecule has 0 spiro atoms. The summed E-state index contributed by atoms with van der Waals surface area (Å²) in [6.07, 6.45) is 1.65. The Morgan fingerprint density at radius 2 is 1.74 bits per heavy atom. The Morgan fingerprint density at radius 1 is 1.15 bits per heavy atom. The van der Waals surface area contributed by atoms with Crippen molar-refractivity contribution >= 4 is 40.6 Å². The van der Waals surface area contributed by atoms with Crippen molar-refractivity contribution in [1.82, 2.24) is 20.0 Å². The van der Waals surface area contributed by atoms with Crippen LogP contribution in [-0.2, 0) is 7.05 Å². The van der Waals surface area contributed by atoms with Crippen LogP contribution in [0.5, 0.6) is 0 Å². The minimum absolute atomic E-state index is 0.268. The number of hydrogen-bond acceptors (Lipinski definition) is 6. The highest BCUT2D eigenvalue weighted by molar-refractivity contribution is 6.35. The highest BCUT2D eigenvalue weighted by Gasteiger charge is 2.25. The molecule has 2 amide bonds. The fourth-order valence-electron chi connectivity index (χ4n) is 2.15. The van der Waals surface area contributed by atoms with Crippen molar-refractivity contribution in [3.63, 3.8) is 0 Å². The van der Waals surface area contributed by atoms with Crippen LogP contribution in [0.4, 0.5) is 17.2 Å². The number of nitrogens with zero attached hydrogens (tertiary/aromatic N) is 4. The minimum atomic E-state index is -0.773. The summed E-state index contributed by atoms with van der Waals surface area (Å²) < 4.78 is 1.51. The zero-order chi connectivity index (χ0) is 19.6. The summed E-state index contributed by atoms with van der Waals surface area (Å²) >= 11 is 5.77. The minimum Gasteiger partial charge on any atom is -0.358 e. The van der Waals surface area contributed by atoms with Crippen LogP contribution < -0.4 is 10.6 Å². The number of amides is 2. The normalized spacial score (nSPS) is 10.4. The summed E-state index contributed by atoms with van der Waals surface area (Å²) in [5.74, 6) is -1.65. The number of benzene rings is 1. The van der Waals surface area contributed by atoms with E-state index in [2.05, 4.69) is 25.9 Å². The van der Waals surface area contributed by atoms with E-state index < -0.39 is 16.6 Å². The average molecular weight is 390 g/mol. The van der Waals surface area contributed by atoms with E-state index in [0.29, 0.717) is 11.4 Å². The summed E-state index contributed by atoms with van der Waals surface area (Å²) in [4.78, 5) is 34.1. The van der Waals surface area contributed by atoms with Gasteiger partial charge >= 0.3 is 5.82 Å². The second-order valence-corrected chi connectivity index (χ2v) is 5.73. The van der Waals surface area contributed by atoms with Crippen LogP contribution in [0.2, 0.25) is 5.02 Å². The van der Waals surface area contributed by atoms with Gasteiger partial charge in [0.2, 0.25) is 0 Å². The van der Waals surface area contributed by atoms with Crippen LogP contribution in [0.1, 0.15) is 21.0 Å². The third-order valence-electron chi connectivity index (χ3n) is 3.43. The summed E-state index contributed by atoms with van der Waals surface area (Å²) in [5.41, 5.74) is 0.857. The molecule has 2 aromatic heterocycles. The van der Waals surface area contributed by atoms with Gasteiger partial charge in [-0.2, -0.15) is 5.10 Å². The van der Waals surface area contributed by atoms with Gasteiger partial charge in [0.05, 0.1) is 0 Å². The van der Waals surface area contributed by atoms with Gasteiger partial charge in [0, 0.05) is 24.6 Å². The lowest BCUT2D eigenvalue weighted by molar-refractivity contribution is -0.389. The molecule has 0 radical (unpaired) electrons. The number of nitro groups is 1. The summed E-state index contributed by atoms with van der Waals surface area (Å²) in [6, 6.07) is 7.81. The van der Waals surface area contributed by atoms with Gasteiger partial charge in [0.25, 0.3) is 11.8 Å². The first-order valence-corrected chi connectivity index (χ1v) is 7.83. The number of hydrogen-bond donors (Lipinski definition) is 3. The topological polar surface area (TPSA) is 148 Å². The molecule has 27 heavy (non-hydrogen) atoms. The van der Waals surface area contributed by atoms with Gasteiger partial charge < -0.3 is 20.7 Å². The van der Waals surface area contributed by atoms with E-state index >= 15 is 0 Å². The molecule has 2 heterocycles. The molecular formula is C15H12ClN7O4. The molecule has 0 saturated heterocycles. The standard InChI is InChI=1S/C15H12ClN7O4/c1-22-7-6-10(21-22)14(24)17-8-2-4-9(5-3-8)18-15(25)12-11(16)13(20-19-12)23(26)27/h2-7H,1H3,(H,17,24)(H,18,25)(H,19,20). The largest absolute Gasteiger partial charge is 0.362 e. The van der Waals surface area contributed by atoms with Crippen LogP contribution >= 0.6 is 11.6 Å². The number of nitrogens with one attached hydrogen (secondary N) is 3. The van der Waals surface area contributed by atoms with Gasteiger partial charge in [-0.3, -0.25) is 14.3 Å². The Kier molecular flexibility index (Phi) is 4.86. The maximum Gasteiger partial charge on any atom is 0.362 e. The van der Waals surface area contributed by atoms with Crippen LogP contribution in [0.3, 0.4) is 0 Å². The Morgan fingerprint density at radius 3 is 2.22 bits per heavy atom. The van der Waals surface area contributed by atoms with E-state index in [0.717, 1.165) is 0 Å². The van der Waals surface area contributed by atoms with Gasteiger partial charge in [-0.25, -0.2) is 0 Å². The maximum absolute atomic E-state index is 12.1. The molecule has 0 unspecified atom stereocenters. The first-order valence-electron chi connectivity index (χ1n) is 7.46. The fraction of sp³-hybridized carbons (Fsp3) is 0.0667. The number of anilines is 2. The molecule has 0 fully saturated rings. The lowest BCUT2D eigenvalue weighted by Gasteiger charge is -2.06. The number of aromatic amines is 1. The van der Waals surface area contributed by atoms with Gasteiger partial charge in [-0.05, 0) is 35.3 Å². The number of halogens is 1. The Balaban J connectivity index is 1.66. The SMILES string of the molecule is Cn1ccc(C(=O)Nc2ccc(NC(=O)c3n[nH]c([N+](=O)[O-])c3Cl)cc2)n1. The smallest absolute Gasteiger partial charge is 0.358 e. The molecule has 3 rings (SSSR count). The molecule has 11 nitrogen and oxygen atoms in total. The highest BCUT2D eigenvalue weighted by Crippen LogP contribution is 2.25. The van der Waals surface area contributed by atoms with Crippen LogP contribution in [-0.4, -0.2) is 36.7 Å². The molecule has 138 valence electrons. The van der Waals surface area contributed by atoms with Crippen LogP contribution in [0, 0.1) is 10.1 Å². The zero-order valence-electron chi connectivity index (χ0n) is 13.8. The summed E-state index contributed by atoms with van der Waals surface area (Å²) in [7, 11) is 1.70. The summed E-state index contributed by atoms with van der Waals surface area (Å²) in [5, 5.41) is 25.2. The monoisotopic (exact) mass is 389 g/mol. The maximum atomic E-state index is 12.1. The molecule has 0 aliphatic rings. The molecule has 1 aromatic carbocycles. The number of carbonyl (C=O) groups excluding carboxylic acids is 2. The molecule has 0 aliphatic carbocycles. The molecule has 0 bridgehead atoms. The molecule has 0 saturated carbocycles. The van der Waals surface area contributed by atoms with Gasteiger partial charge in [-0.1, -0.05) is 16.7 Å². The van der Waals surface area contributed by atoms with E-state index in [1.807, 2.05) is 0 Å². The van der Waals surface area contributed by atoms with E-state index in [1.54, 1.807) is 43.6 Å². The molecule has 12 heteroatoms. The number of aryl methyl sites for hydroxylation is 1. The lowest BCUT2D eigenvalue weighted by Crippen LogP contribution is -2.14. The predicted octanol–water partition coefficient (Wildman–Crippen LogP) is 2.21. The molecule has 3 N–H and O–H groups in total.